The Balaban J connectivity index is 2.16. The van der Waals surface area contributed by atoms with Crippen molar-refractivity contribution in [3.8, 4) is 11.5 Å². The molecule has 2 rings (SSSR count). The number of nitrogens with zero attached hydrogens (tertiary/aromatic N) is 1. The summed E-state index contributed by atoms with van der Waals surface area (Å²) in [6.07, 6.45) is 3.69. The van der Waals surface area contributed by atoms with Gasteiger partial charge in [-0.2, -0.15) is 0 Å². The van der Waals surface area contributed by atoms with Gasteiger partial charge in [0, 0.05) is 0 Å². The zero-order valence-corrected chi connectivity index (χ0v) is 10.9. The fraction of sp³-hybridized carbons (Fsp3) is 0.0667. The molecule has 0 bridgehead atoms. The minimum atomic E-state index is -0.153. The molecule has 2 aromatic carbocycles. The van der Waals surface area contributed by atoms with Crippen LogP contribution in [0.3, 0.4) is 0 Å². The number of hydrogen-bond donors (Lipinski definition) is 2. The van der Waals surface area contributed by atoms with Crippen LogP contribution in [0.15, 0.2) is 42.5 Å². The summed E-state index contributed by atoms with van der Waals surface area (Å²) >= 11 is 0. The van der Waals surface area contributed by atoms with Crippen molar-refractivity contribution < 1.29 is 20.3 Å². The molecule has 0 atom stereocenters. The number of ether oxygens (including phenoxy) is 1. The topological polar surface area (TPSA) is 76.0 Å². The summed E-state index contributed by atoms with van der Waals surface area (Å²) in [6.45, 7) is 0. The van der Waals surface area contributed by atoms with E-state index in [-0.39, 0.29) is 16.7 Å². The quantitative estimate of drug-likeness (QED) is 0.660. The van der Waals surface area contributed by atoms with Gasteiger partial charge in [-0.15, -0.1) is 5.23 Å². The first kappa shape index (κ1) is 13.9. The van der Waals surface area contributed by atoms with E-state index in [1.807, 2.05) is 12.2 Å². The monoisotopic (exact) mass is 272 g/mol. The van der Waals surface area contributed by atoms with Crippen LogP contribution >= 0.6 is 0 Å². The van der Waals surface area contributed by atoms with Crippen molar-refractivity contribution in [1.29, 1.82) is 0 Å². The van der Waals surface area contributed by atoms with Gasteiger partial charge >= 0.3 is 0 Å². The molecule has 2 N–H and O–H groups in total. The highest BCUT2D eigenvalue weighted by Gasteiger charge is 1.97. The standard InChI is InChI=1S/C15H15NO4/c1-20-15-10-12(6-9-14(15)17)3-2-11-4-7-13(8-5-11)16(18)19/h2-10,17-19H,1H3/p-1. The third kappa shape index (κ3) is 3.28. The predicted molar refractivity (Wildman–Crippen MR) is 73.9 cm³/mol. The summed E-state index contributed by atoms with van der Waals surface area (Å²) in [5, 5.41) is 29.1. The van der Waals surface area contributed by atoms with Gasteiger partial charge in [0.2, 0.25) is 0 Å². The smallest absolute Gasteiger partial charge is 0.111 e. The van der Waals surface area contributed by atoms with Crippen LogP contribution in [0.1, 0.15) is 11.1 Å². The molecule has 0 amide bonds. The normalized spacial score (nSPS) is 10.8. The van der Waals surface area contributed by atoms with E-state index in [1.165, 1.54) is 13.2 Å². The molecular formula is C15H14NO4-. The lowest BCUT2D eigenvalue weighted by atomic mass is 10.1. The number of anilines is 1. The Bertz CT molecular complexity index is 606. The molecule has 0 radical (unpaired) electrons. The summed E-state index contributed by atoms with van der Waals surface area (Å²) in [5.74, 6) is 0.152. The van der Waals surface area contributed by atoms with E-state index in [1.54, 1.807) is 36.4 Å². The Kier molecular flexibility index (Phi) is 4.24. The van der Waals surface area contributed by atoms with Gasteiger partial charge in [-0.3, -0.25) is 10.4 Å². The molecule has 5 heteroatoms. The Morgan fingerprint density at radius 2 is 1.60 bits per heavy atom. The fourth-order valence-corrected chi connectivity index (χ4v) is 1.70. The van der Waals surface area contributed by atoms with Crippen LogP contribution in [-0.4, -0.2) is 17.5 Å². The summed E-state index contributed by atoms with van der Waals surface area (Å²) in [4.78, 5) is 0. The second-order valence-corrected chi connectivity index (χ2v) is 4.12. The van der Waals surface area contributed by atoms with Crippen LogP contribution in [0, 0.1) is 0 Å². The molecule has 5 nitrogen and oxygen atoms in total. The lowest BCUT2D eigenvalue weighted by Crippen LogP contribution is -2.10. The molecule has 2 aromatic rings. The number of methoxy groups -OCH3 is 1. The lowest BCUT2D eigenvalue weighted by molar-refractivity contribution is -0.270. The minimum absolute atomic E-state index is 0.0608. The van der Waals surface area contributed by atoms with Crippen molar-refractivity contribution in [2.24, 2.45) is 0 Å². The molecule has 20 heavy (non-hydrogen) atoms. The zero-order valence-electron chi connectivity index (χ0n) is 10.9. The molecule has 104 valence electrons. The molecule has 0 aliphatic carbocycles. The van der Waals surface area contributed by atoms with Gasteiger partial charge in [0.15, 0.2) is 0 Å². The third-order valence-corrected chi connectivity index (χ3v) is 2.78. The first-order chi connectivity index (χ1) is 9.60. The molecule has 0 spiro atoms. The molecule has 0 heterocycles. The average molecular weight is 272 g/mol. The van der Waals surface area contributed by atoms with E-state index >= 15 is 0 Å². The Morgan fingerprint density at radius 3 is 2.20 bits per heavy atom. The van der Waals surface area contributed by atoms with Crippen molar-refractivity contribution >= 4 is 17.8 Å². The van der Waals surface area contributed by atoms with Crippen molar-refractivity contribution in [3.05, 3.63) is 53.6 Å². The highest BCUT2D eigenvalue weighted by atomic mass is 16.8. The van der Waals surface area contributed by atoms with Crippen LogP contribution in [0.5, 0.6) is 11.5 Å². The minimum Gasteiger partial charge on any atom is -0.870 e. The number of benzene rings is 2. The molecule has 0 saturated carbocycles. The van der Waals surface area contributed by atoms with Gasteiger partial charge < -0.3 is 9.84 Å². The summed E-state index contributed by atoms with van der Waals surface area (Å²) in [6, 6.07) is 11.4. The molecule has 0 saturated heterocycles. The second kappa shape index (κ2) is 6.10. The Morgan fingerprint density at radius 1 is 1.00 bits per heavy atom. The first-order valence-electron chi connectivity index (χ1n) is 5.91. The molecule has 0 fully saturated rings. The summed E-state index contributed by atoms with van der Waals surface area (Å²) in [5.41, 5.74) is 2.01. The molecule has 0 unspecified atom stereocenters. The average Bonchev–Trinajstić information content (AvgIpc) is 2.46. The van der Waals surface area contributed by atoms with Gasteiger partial charge in [0.05, 0.1) is 12.8 Å². The van der Waals surface area contributed by atoms with Crippen molar-refractivity contribution in [2.75, 3.05) is 12.3 Å². The first-order valence-corrected chi connectivity index (χ1v) is 5.91. The third-order valence-electron chi connectivity index (χ3n) is 2.78. The predicted octanol–water partition coefficient (Wildman–Crippen LogP) is 2.52. The van der Waals surface area contributed by atoms with E-state index in [0.29, 0.717) is 5.75 Å². The molecular weight excluding hydrogens is 258 g/mol. The maximum atomic E-state index is 11.4. The van der Waals surface area contributed by atoms with E-state index in [4.69, 9.17) is 15.2 Å². The second-order valence-electron chi connectivity index (χ2n) is 4.12. The largest absolute Gasteiger partial charge is 0.870 e. The highest BCUT2D eigenvalue weighted by Crippen LogP contribution is 2.24. The lowest BCUT2D eigenvalue weighted by Gasteiger charge is -2.12. The summed E-state index contributed by atoms with van der Waals surface area (Å²) in [7, 11) is 1.46. The van der Waals surface area contributed by atoms with Gasteiger partial charge in [-0.25, -0.2) is 0 Å². The Labute approximate surface area is 116 Å². The van der Waals surface area contributed by atoms with Crippen LogP contribution in [0.2, 0.25) is 0 Å². The SMILES string of the molecule is COc1cc(C=Cc2ccc(N(O)O)cc2)ccc1[O-]. The highest BCUT2D eigenvalue weighted by molar-refractivity contribution is 5.71. The maximum Gasteiger partial charge on any atom is 0.111 e. The van der Waals surface area contributed by atoms with E-state index in [0.717, 1.165) is 11.1 Å². The molecule has 0 aliphatic heterocycles. The van der Waals surface area contributed by atoms with Crippen molar-refractivity contribution in [2.45, 2.75) is 0 Å². The van der Waals surface area contributed by atoms with Gasteiger partial charge in [-0.05, 0) is 29.3 Å². The van der Waals surface area contributed by atoms with E-state index < -0.39 is 0 Å². The number of rotatable bonds is 4. The Hall–Kier alpha value is -2.50. The van der Waals surface area contributed by atoms with Crippen LogP contribution in [0.25, 0.3) is 12.2 Å². The molecule has 0 aliphatic rings. The van der Waals surface area contributed by atoms with Crippen LogP contribution < -0.4 is 15.1 Å². The molecule has 0 aromatic heterocycles. The van der Waals surface area contributed by atoms with Gasteiger partial charge in [-0.1, -0.05) is 42.2 Å². The van der Waals surface area contributed by atoms with E-state index in [2.05, 4.69) is 0 Å². The van der Waals surface area contributed by atoms with Crippen molar-refractivity contribution in [3.63, 3.8) is 0 Å². The maximum absolute atomic E-state index is 11.4. The number of hydrogen-bond acceptors (Lipinski definition) is 5. The fourth-order valence-electron chi connectivity index (χ4n) is 1.70. The van der Waals surface area contributed by atoms with Crippen LogP contribution in [-0.2, 0) is 0 Å². The van der Waals surface area contributed by atoms with Crippen molar-refractivity contribution in [1.82, 2.24) is 0 Å². The van der Waals surface area contributed by atoms with Gasteiger partial charge in [0.25, 0.3) is 0 Å². The van der Waals surface area contributed by atoms with Gasteiger partial charge in [0.1, 0.15) is 5.75 Å². The summed E-state index contributed by atoms with van der Waals surface area (Å²) < 4.78 is 4.97. The zero-order chi connectivity index (χ0) is 14.5. The van der Waals surface area contributed by atoms with Crippen LogP contribution in [0.4, 0.5) is 5.69 Å². The van der Waals surface area contributed by atoms with E-state index in [9.17, 15) is 5.11 Å².